The average molecular weight is 324 g/mol. The quantitative estimate of drug-likeness (QED) is 0.698. The molecule has 4 N–H and O–H groups in total. The third-order valence-corrected chi connectivity index (χ3v) is 4.46. The molecule has 0 spiro atoms. The maximum Gasteiger partial charge on any atom is 0.294 e. The Kier molecular flexibility index (Phi) is 6.30. The van der Waals surface area contributed by atoms with Crippen LogP contribution in [0, 0.1) is 0 Å². The number of nitrogens with one attached hydrogen (secondary N) is 1. The van der Waals surface area contributed by atoms with Gasteiger partial charge in [0.15, 0.2) is 0 Å². The van der Waals surface area contributed by atoms with Crippen molar-refractivity contribution in [2.24, 2.45) is 5.73 Å². The summed E-state index contributed by atoms with van der Waals surface area (Å²) in [5, 5.41) is 0. The van der Waals surface area contributed by atoms with Gasteiger partial charge in [0.1, 0.15) is 0 Å². The van der Waals surface area contributed by atoms with Crippen LogP contribution >= 0.6 is 0 Å². The first-order chi connectivity index (χ1) is 8.92. The molecule has 0 bridgehead atoms. The maximum absolute atomic E-state index is 11.9. The van der Waals surface area contributed by atoms with Crippen molar-refractivity contribution < 1.29 is 21.4 Å². The number of nitrogens with two attached hydrogens (primary N) is 1. The van der Waals surface area contributed by atoms with Gasteiger partial charge in [-0.1, -0.05) is 6.07 Å². The first-order valence-electron chi connectivity index (χ1n) is 5.61. The number of hydrogen-bond acceptors (Lipinski definition) is 5. The van der Waals surface area contributed by atoms with Crippen molar-refractivity contribution in [2.45, 2.75) is 36.1 Å². The highest BCUT2D eigenvalue weighted by molar-refractivity contribution is 7.89. The average Bonchev–Trinajstić information content (AvgIpc) is 2.28. The lowest BCUT2D eigenvalue weighted by Crippen LogP contribution is -2.40. The second-order valence-electron chi connectivity index (χ2n) is 4.81. The van der Waals surface area contributed by atoms with E-state index >= 15 is 0 Å². The molecule has 1 aromatic carbocycles. The summed E-state index contributed by atoms with van der Waals surface area (Å²) < 4.78 is 57.0. The van der Waals surface area contributed by atoms with Crippen LogP contribution in [0.5, 0.6) is 0 Å². The summed E-state index contributed by atoms with van der Waals surface area (Å²) in [5.74, 6) is 0. The molecule has 0 saturated heterocycles. The molecule has 0 saturated carbocycles. The molecule has 0 amide bonds. The number of sulfonamides is 1. The molecule has 0 atom stereocenters. The van der Waals surface area contributed by atoms with E-state index in [2.05, 4.69) is 10.5 Å². The third kappa shape index (κ3) is 5.97. The van der Waals surface area contributed by atoms with E-state index in [0.29, 0.717) is 0 Å². The third-order valence-electron chi connectivity index (χ3n) is 1.85. The zero-order chi connectivity index (χ0) is 16.2. The molecule has 1 rings (SSSR count). The molecule has 0 aliphatic rings. The van der Waals surface area contributed by atoms with Gasteiger partial charge in [-0.2, -0.15) is 8.42 Å². The van der Waals surface area contributed by atoms with Crippen LogP contribution in [0.4, 0.5) is 0 Å². The fourth-order valence-corrected chi connectivity index (χ4v) is 3.33. The topological polar surface area (TPSA) is 127 Å². The SMILES string of the molecule is CC(C)(C)NS(=O)(=O)c1cccc(S(=O)(=O)O)c1.CN. The highest BCUT2D eigenvalue weighted by atomic mass is 32.2. The van der Waals surface area contributed by atoms with Gasteiger partial charge in [-0.3, -0.25) is 4.55 Å². The molecular weight excluding hydrogens is 304 g/mol. The van der Waals surface area contributed by atoms with Crippen LogP contribution in [0.3, 0.4) is 0 Å². The summed E-state index contributed by atoms with van der Waals surface area (Å²) in [6.07, 6.45) is 0. The summed E-state index contributed by atoms with van der Waals surface area (Å²) in [7, 11) is -6.75. The first-order valence-corrected chi connectivity index (χ1v) is 8.53. The molecule has 0 heterocycles. The minimum Gasteiger partial charge on any atom is -0.333 e. The van der Waals surface area contributed by atoms with Gasteiger partial charge in [0.2, 0.25) is 10.0 Å². The van der Waals surface area contributed by atoms with E-state index < -0.39 is 30.6 Å². The maximum atomic E-state index is 11.9. The standard InChI is InChI=1S/C10H15NO5S2.CH5N/c1-10(2,3)11-17(12,13)8-5-4-6-9(7-8)18(14,15)16;1-2/h4-7,11H,1-3H3,(H,14,15,16);2H2,1H3. The fourth-order valence-electron chi connectivity index (χ4n) is 1.26. The lowest BCUT2D eigenvalue weighted by atomic mass is 10.1. The number of rotatable bonds is 3. The Labute approximate surface area is 120 Å². The Morgan fingerprint density at radius 2 is 1.50 bits per heavy atom. The zero-order valence-electron chi connectivity index (χ0n) is 11.8. The van der Waals surface area contributed by atoms with Gasteiger partial charge in [0.05, 0.1) is 9.79 Å². The number of benzene rings is 1. The minimum atomic E-state index is -4.42. The summed E-state index contributed by atoms with van der Waals surface area (Å²) in [6, 6.07) is 4.53. The Bertz CT molecular complexity index is 646. The summed E-state index contributed by atoms with van der Waals surface area (Å²) >= 11 is 0. The predicted molar refractivity (Wildman–Crippen MR) is 76.4 cm³/mol. The van der Waals surface area contributed by atoms with E-state index in [1.807, 2.05) is 0 Å². The van der Waals surface area contributed by atoms with Crippen molar-refractivity contribution in [1.82, 2.24) is 4.72 Å². The van der Waals surface area contributed by atoms with Gasteiger partial charge >= 0.3 is 0 Å². The van der Waals surface area contributed by atoms with Crippen LogP contribution in [0.15, 0.2) is 34.1 Å². The minimum absolute atomic E-state index is 0.215. The van der Waals surface area contributed by atoms with E-state index in [-0.39, 0.29) is 4.90 Å². The first kappa shape index (κ1) is 19.0. The highest BCUT2D eigenvalue weighted by Crippen LogP contribution is 2.17. The molecule has 0 fully saturated rings. The van der Waals surface area contributed by atoms with Crippen LogP contribution in [-0.2, 0) is 20.1 Å². The highest BCUT2D eigenvalue weighted by Gasteiger charge is 2.23. The smallest absolute Gasteiger partial charge is 0.294 e. The van der Waals surface area contributed by atoms with Crippen LogP contribution in [-0.4, -0.2) is 34.0 Å². The van der Waals surface area contributed by atoms with Crippen LogP contribution < -0.4 is 10.5 Å². The Hall–Kier alpha value is -1.00. The van der Waals surface area contributed by atoms with Crippen molar-refractivity contribution in [1.29, 1.82) is 0 Å². The van der Waals surface area contributed by atoms with Gasteiger partial charge in [0, 0.05) is 5.54 Å². The lowest BCUT2D eigenvalue weighted by Gasteiger charge is -2.20. The zero-order valence-corrected chi connectivity index (χ0v) is 13.4. The molecule has 0 aromatic heterocycles. The molecule has 0 aliphatic heterocycles. The molecule has 0 radical (unpaired) electrons. The van der Waals surface area contributed by atoms with Crippen molar-refractivity contribution in [3.05, 3.63) is 24.3 Å². The Morgan fingerprint density at radius 3 is 1.90 bits per heavy atom. The Morgan fingerprint density at radius 1 is 1.05 bits per heavy atom. The molecule has 9 heteroatoms. The summed E-state index contributed by atoms with van der Waals surface area (Å²) in [6.45, 7) is 4.99. The van der Waals surface area contributed by atoms with Gasteiger partial charge in [-0.25, -0.2) is 13.1 Å². The molecule has 116 valence electrons. The predicted octanol–water partition coefficient (Wildman–Crippen LogP) is 0.585. The fraction of sp³-hybridized carbons (Fsp3) is 0.455. The summed E-state index contributed by atoms with van der Waals surface area (Å²) in [4.78, 5) is -0.674. The van der Waals surface area contributed by atoms with Crippen LogP contribution in [0.1, 0.15) is 20.8 Å². The van der Waals surface area contributed by atoms with Gasteiger partial charge < -0.3 is 5.73 Å². The van der Waals surface area contributed by atoms with E-state index in [0.717, 1.165) is 12.1 Å². The second-order valence-corrected chi connectivity index (χ2v) is 7.91. The summed E-state index contributed by atoms with van der Waals surface area (Å²) in [5.41, 5.74) is 3.81. The van der Waals surface area contributed by atoms with Crippen molar-refractivity contribution in [3.8, 4) is 0 Å². The van der Waals surface area contributed by atoms with Crippen LogP contribution in [0.25, 0.3) is 0 Å². The molecule has 7 nitrogen and oxygen atoms in total. The normalized spacial score (nSPS) is 12.5. The van der Waals surface area contributed by atoms with Crippen molar-refractivity contribution in [3.63, 3.8) is 0 Å². The van der Waals surface area contributed by atoms with E-state index in [4.69, 9.17) is 4.55 Å². The monoisotopic (exact) mass is 324 g/mol. The second kappa shape index (κ2) is 6.64. The molecule has 0 aliphatic carbocycles. The van der Waals surface area contributed by atoms with Crippen LogP contribution in [0.2, 0.25) is 0 Å². The molecular formula is C11H20N2O5S2. The van der Waals surface area contributed by atoms with Crippen molar-refractivity contribution >= 4 is 20.1 Å². The lowest BCUT2D eigenvalue weighted by molar-refractivity contribution is 0.483. The molecule has 20 heavy (non-hydrogen) atoms. The largest absolute Gasteiger partial charge is 0.333 e. The molecule has 0 unspecified atom stereocenters. The van der Waals surface area contributed by atoms with Gasteiger partial charge in [-0.15, -0.1) is 0 Å². The van der Waals surface area contributed by atoms with E-state index in [1.165, 1.54) is 19.2 Å². The molecule has 1 aromatic rings. The van der Waals surface area contributed by atoms with Gasteiger partial charge in [-0.05, 0) is 46.0 Å². The van der Waals surface area contributed by atoms with Gasteiger partial charge in [0.25, 0.3) is 10.1 Å². The van der Waals surface area contributed by atoms with Crippen molar-refractivity contribution in [2.75, 3.05) is 7.05 Å². The Balaban J connectivity index is 0.00000172. The van der Waals surface area contributed by atoms with E-state index in [9.17, 15) is 16.8 Å². The van der Waals surface area contributed by atoms with E-state index in [1.54, 1.807) is 20.8 Å². The number of hydrogen-bond donors (Lipinski definition) is 3.